The van der Waals surface area contributed by atoms with Crippen LogP contribution in [0.1, 0.15) is 19.3 Å². The lowest BCUT2D eigenvalue weighted by Gasteiger charge is -2.25. The molecule has 7 heteroatoms. The molecule has 2 amide bonds. The molecule has 0 bridgehead atoms. The first-order valence-corrected chi connectivity index (χ1v) is 6.36. The molecule has 106 valence electrons. The van der Waals surface area contributed by atoms with Crippen LogP contribution in [0.25, 0.3) is 0 Å². The number of nitrogens with zero attached hydrogens (tertiary/aromatic N) is 2. The second-order valence-corrected chi connectivity index (χ2v) is 4.89. The summed E-state index contributed by atoms with van der Waals surface area (Å²) in [6.45, 7) is 0.656. The number of amides is 2. The van der Waals surface area contributed by atoms with E-state index >= 15 is 0 Å². The Morgan fingerprint density at radius 3 is 2.79 bits per heavy atom. The summed E-state index contributed by atoms with van der Waals surface area (Å²) in [4.78, 5) is 38.0. The van der Waals surface area contributed by atoms with Crippen molar-refractivity contribution in [2.24, 2.45) is 0 Å². The third-order valence-corrected chi connectivity index (χ3v) is 3.57. The highest BCUT2D eigenvalue weighted by Gasteiger charge is 2.40. The number of β-amino-alcohol motifs (C(OH)–C–C–N with tert-alkyl or cyclic N) is 1. The van der Waals surface area contributed by atoms with Gasteiger partial charge in [0.15, 0.2) is 0 Å². The van der Waals surface area contributed by atoms with Crippen LogP contribution in [-0.4, -0.2) is 71.6 Å². The standard InChI is InChI=1S/C12H18N2O5/c1-19-12(18)9-5-8(15)6-14(9)11(17)7-13-4-2-3-10(13)16/h8-9,15H,2-7H2,1H3. The third kappa shape index (κ3) is 2.86. The van der Waals surface area contributed by atoms with Crippen LogP contribution in [0.2, 0.25) is 0 Å². The van der Waals surface area contributed by atoms with Crippen molar-refractivity contribution in [1.82, 2.24) is 9.80 Å². The molecule has 1 N–H and O–H groups in total. The Morgan fingerprint density at radius 2 is 2.21 bits per heavy atom. The Labute approximate surface area is 111 Å². The lowest BCUT2D eigenvalue weighted by Crippen LogP contribution is -2.46. The van der Waals surface area contributed by atoms with Gasteiger partial charge in [-0.25, -0.2) is 4.79 Å². The number of likely N-dealkylation sites (tertiary alicyclic amines) is 2. The Hall–Kier alpha value is -1.63. The minimum atomic E-state index is -0.745. The first-order chi connectivity index (χ1) is 9.02. The van der Waals surface area contributed by atoms with Crippen molar-refractivity contribution in [3.8, 4) is 0 Å². The van der Waals surface area contributed by atoms with E-state index in [-0.39, 0.29) is 31.3 Å². The maximum absolute atomic E-state index is 12.1. The van der Waals surface area contributed by atoms with Crippen molar-refractivity contribution in [2.75, 3.05) is 26.7 Å². The van der Waals surface area contributed by atoms with Crippen LogP contribution < -0.4 is 0 Å². The molecule has 2 fully saturated rings. The Balaban J connectivity index is 2.00. The molecular formula is C12H18N2O5. The average molecular weight is 270 g/mol. The summed E-state index contributed by atoms with van der Waals surface area (Å²) in [7, 11) is 1.25. The zero-order valence-corrected chi connectivity index (χ0v) is 10.9. The number of ether oxygens (including phenoxy) is 1. The number of methoxy groups -OCH3 is 1. The van der Waals surface area contributed by atoms with Gasteiger partial charge in [-0.3, -0.25) is 9.59 Å². The Bertz CT molecular complexity index is 398. The number of rotatable bonds is 3. The van der Waals surface area contributed by atoms with Gasteiger partial charge in [-0.05, 0) is 6.42 Å². The van der Waals surface area contributed by atoms with E-state index in [1.807, 2.05) is 0 Å². The maximum Gasteiger partial charge on any atom is 0.328 e. The van der Waals surface area contributed by atoms with Gasteiger partial charge in [-0.15, -0.1) is 0 Å². The second-order valence-electron chi connectivity index (χ2n) is 4.89. The molecular weight excluding hydrogens is 252 g/mol. The van der Waals surface area contributed by atoms with Gasteiger partial charge < -0.3 is 19.6 Å². The topological polar surface area (TPSA) is 87.2 Å². The van der Waals surface area contributed by atoms with E-state index in [1.165, 1.54) is 16.9 Å². The average Bonchev–Trinajstić information content (AvgIpc) is 2.95. The van der Waals surface area contributed by atoms with E-state index in [0.717, 1.165) is 6.42 Å². The van der Waals surface area contributed by atoms with Crippen molar-refractivity contribution in [3.63, 3.8) is 0 Å². The fourth-order valence-corrected chi connectivity index (χ4v) is 2.57. The molecule has 2 aliphatic rings. The molecule has 0 aromatic heterocycles. The summed E-state index contributed by atoms with van der Waals surface area (Å²) in [6.07, 6.45) is 0.694. The molecule has 0 aromatic rings. The highest BCUT2D eigenvalue weighted by molar-refractivity contribution is 5.89. The largest absolute Gasteiger partial charge is 0.467 e. The van der Waals surface area contributed by atoms with Crippen molar-refractivity contribution >= 4 is 17.8 Å². The van der Waals surface area contributed by atoms with Crippen molar-refractivity contribution in [1.29, 1.82) is 0 Å². The minimum Gasteiger partial charge on any atom is -0.467 e. The van der Waals surface area contributed by atoms with Gasteiger partial charge >= 0.3 is 5.97 Å². The SMILES string of the molecule is COC(=O)C1CC(O)CN1C(=O)CN1CCCC1=O. The lowest BCUT2D eigenvalue weighted by atomic mass is 10.2. The van der Waals surface area contributed by atoms with Crippen LogP contribution >= 0.6 is 0 Å². The minimum absolute atomic E-state index is 0.0287. The van der Waals surface area contributed by atoms with Gasteiger partial charge in [0, 0.05) is 25.9 Å². The van der Waals surface area contributed by atoms with E-state index in [1.54, 1.807) is 0 Å². The molecule has 0 saturated carbocycles. The number of carbonyl (C=O) groups excluding carboxylic acids is 3. The molecule has 2 atom stereocenters. The van der Waals surface area contributed by atoms with Gasteiger partial charge in [-0.1, -0.05) is 0 Å². The molecule has 0 spiro atoms. The van der Waals surface area contributed by atoms with Crippen LogP contribution in [0.4, 0.5) is 0 Å². The van der Waals surface area contributed by atoms with Gasteiger partial charge in [-0.2, -0.15) is 0 Å². The molecule has 2 unspecified atom stereocenters. The number of hydrogen-bond acceptors (Lipinski definition) is 5. The quantitative estimate of drug-likeness (QED) is 0.647. The van der Waals surface area contributed by atoms with E-state index < -0.39 is 18.1 Å². The van der Waals surface area contributed by atoms with Crippen molar-refractivity contribution in [2.45, 2.75) is 31.4 Å². The fourth-order valence-electron chi connectivity index (χ4n) is 2.57. The normalized spacial score (nSPS) is 26.9. The van der Waals surface area contributed by atoms with E-state index in [2.05, 4.69) is 4.74 Å². The molecule has 2 rings (SSSR count). The van der Waals surface area contributed by atoms with Crippen LogP contribution in [0.5, 0.6) is 0 Å². The van der Waals surface area contributed by atoms with Gasteiger partial charge in [0.1, 0.15) is 6.04 Å². The predicted molar refractivity (Wildman–Crippen MR) is 64.0 cm³/mol. The summed E-state index contributed by atoms with van der Waals surface area (Å²) in [6, 6.07) is -0.745. The fraction of sp³-hybridized carbons (Fsp3) is 0.750. The maximum atomic E-state index is 12.1. The molecule has 2 aliphatic heterocycles. The van der Waals surface area contributed by atoms with Gasteiger partial charge in [0.05, 0.1) is 19.8 Å². The van der Waals surface area contributed by atoms with Gasteiger partial charge in [0.25, 0.3) is 0 Å². The summed E-state index contributed by atoms with van der Waals surface area (Å²) >= 11 is 0. The molecule has 0 aromatic carbocycles. The predicted octanol–water partition coefficient (Wildman–Crippen LogP) is -1.26. The summed E-state index contributed by atoms with van der Waals surface area (Å²) < 4.78 is 4.63. The molecule has 0 aliphatic carbocycles. The second kappa shape index (κ2) is 5.56. The van der Waals surface area contributed by atoms with Crippen LogP contribution in [0.15, 0.2) is 0 Å². The first kappa shape index (κ1) is 13.8. The number of aliphatic hydroxyl groups excluding tert-OH is 1. The molecule has 7 nitrogen and oxygen atoms in total. The molecule has 19 heavy (non-hydrogen) atoms. The zero-order valence-electron chi connectivity index (χ0n) is 10.9. The summed E-state index contributed by atoms with van der Waals surface area (Å²) in [5.41, 5.74) is 0. The molecule has 2 heterocycles. The molecule has 0 radical (unpaired) electrons. The van der Waals surface area contributed by atoms with Gasteiger partial charge in [0.2, 0.25) is 11.8 Å². The lowest BCUT2D eigenvalue weighted by molar-refractivity contribution is -0.151. The van der Waals surface area contributed by atoms with E-state index in [9.17, 15) is 19.5 Å². The van der Waals surface area contributed by atoms with Crippen LogP contribution in [-0.2, 0) is 19.1 Å². The first-order valence-electron chi connectivity index (χ1n) is 6.36. The highest BCUT2D eigenvalue weighted by atomic mass is 16.5. The smallest absolute Gasteiger partial charge is 0.328 e. The zero-order chi connectivity index (χ0) is 14.0. The number of carbonyl (C=O) groups is 3. The van der Waals surface area contributed by atoms with E-state index in [4.69, 9.17) is 0 Å². The van der Waals surface area contributed by atoms with Crippen LogP contribution in [0.3, 0.4) is 0 Å². The third-order valence-electron chi connectivity index (χ3n) is 3.57. The summed E-state index contributed by atoms with van der Waals surface area (Å²) in [5.74, 6) is -0.887. The van der Waals surface area contributed by atoms with Crippen molar-refractivity contribution in [3.05, 3.63) is 0 Å². The Kier molecular flexibility index (Phi) is 4.04. The number of esters is 1. The summed E-state index contributed by atoms with van der Waals surface area (Å²) in [5, 5.41) is 9.59. The monoisotopic (exact) mass is 270 g/mol. The Morgan fingerprint density at radius 1 is 1.47 bits per heavy atom. The number of hydrogen-bond donors (Lipinski definition) is 1. The van der Waals surface area contributed by atoms with Crippen molar-refractivity contribution < 1.29 is 24.2 Å². The van der Waals surface area contributed by atoms with E-state index in [0.29, 0.717) is 13.0 Å². The van der Waals surface area contributed by atoms with Crippen LogP contribution in [0, 0.1) is 0 Å². The highest BCUT2D eigenvalue weighted by Crippen LogP contribution is 2.20. The molecule has 2 saturated heterocycles. The number of aliphatic hydroxyl groups is 1.